The van der Waals surface area contributed by atoms with Crippen LogP contribution >= 0.6 is 0 Å². The number of anilines is 1. The van der Waals surface area contributed by atoms with E-state index in [1.54, 1.807) is 0 Å². The second kappa shape index (κ2) is 6.78. The molecule has 2 rings (SSSR count). The quantitative estimate of drug-likeness (QED) is 0.841. The fourth-order valence-corrected chi connectivity index (χ4v) is 3.62. The van der Waals surface area contributed by atoms with Gasteiger partial charge in [-0.2, -0.15) is 0 Å². The van der Waals surface area contributed by atoms with Crippen molar-refractivity contribution in [1.29, 1.82) is 0 Å². The van der Waals surface area contributed by atoms with Gasteiger partial charge < -0.3 is 14.7 Å². The van der Waals surface area contributed by atoms with Crippen LogP contribution in [0.2, 0.25) is 0 Å². The molecule has 1 N–H and O–H groups in total. The van der Waals surface area contributed by atoms with Crippen molar-refractivity contribution < 1.29 is 27.9 Å². The topological polar surface area (TPSA) is 104 Å². The van der Waals surface area contributed by atoms with Gasteiger partial charge in [-0.25, -0.2) is 12.7 Å². The molecule has 1 aliphatic heterocycles. The van der Waals surface area contributed by atoms with E-state index >= 15 is 0 Å². The minimum absolute atomic E-state index is 0.0152. The lowest BCUT2D eigenvalue weighted by molar-refractivity contribution is -0.137. The first-order chi connectivity index (χ1) is 11.1. The monoisotopic (exact) mass is 356 g/mol. The number of hydrogen-bond donors (Lipinski definition) is 1. The number of aliphatic carboxylic acids is 1. The number of carbonyl (C=O) groups excluding carboxylic acids is 1. The molecule has 8 nitrogen and oxygen atoms in total. The van der Waals surface area contributed by atoms with Crippen molar-refractivity contribution >= 4 is 27.6 Å². The van der Waals surface area contributed by atoms with Crippen LogP contribution in [-0.4, -0.2) is 55.9 Å². The molecule has 1 aromatic rings. The van der Waals surface area contributed by atoms with Gasteiger partial charge in [0, 0.05) is 20.5 Å². The summed E-state index contributed by atoms with van der Waals surface area (Å²) in [5, 5.41) is 8.70. The SMILES string of the molecule is CC(=O)N1CC(C)Oc2ccc(S(=O)(=O)N(C)CCC(=O)O)cc21. The second-order valence-corrected chi connectivity index (χ2v) is 7.70. The van der Waals surface area contributed by atoms with Crippen LogP contribution in [0.4, 0.5) is 5.69 Å². The number of amides is 1. The molecule has 24 heavy (non-hydrogen) atoms. The van der Waals surface area contributed by atoms with Gasteiger partial charge in [0.15, 0.2) is 0 Å². The van der Waals surface area contributed by atoms with E-state index in [1.807, 2.05) is 6.92 Å². The zero-order chi connectivity index (χ0) is 18.1. The Hall–Kier alpha value is -2.13. The number of hydrogen-bond acceptors (Lipinski definition) is 5. The molecule has 1 aliphatic rings. The maximum atomic E-state index is 12.6. The first-order valence-electron chi connectivity index (χ1n) is 7.40. The van der Waals surface area contributed by atoms with E-state index in [1.165, 1.54) is 37.1 Å². The first-order valence-corrected chi connectivity index (χ1v) is 8.84. The van der Waals surface area contributed by atoms with Crippen LogP contribution in [0.1, 0.15) is 20.3 Å². The molecular formula is C15H20N2O6S. The standard InChI is InChI=1S/C15H20N2O6S/c1-10-9-17(11(2)18)13-8-12(4-5-14(13)23-10)24(21,22)16(3)7-6-15(19)20/h4-5,8,10H,6-7,9H2,1-3H3,(H,19,20). The van der Waals surface area contributed by atoms with Crippen LogP contribution in [0.3, 0.4) is 0 Å². The van der Waals surface area contributed by atoms with Crippen LogP contribution in [0.5, 0.6) is 5.75 Å². The number of benzene rings is 1. The number of nitrogens with zero attached hydrogens (tertiary/aromatic N) is 2. The molecule has 1 heterocycles. The largest absolute Gasteiger partial charge is 0.487 e. The molecule has 1 unspecified atom stereocenters. The van der Waals surface area contributed by atoms with Crippen molar-refractivity contribution in [2.75, 3.05) is 25.0 Å². The Balaban J connectivity index is 2.37. The maximum Gasteiger partial charge on any atom is 0.304 e. The van der Waals surface area contributed by atoms with Gasteiger partial charge in [-0.15, -0.1) is 0 Å². The Bertz CT molecular complexity index is 761. The van der Waals surface area contributed by atoms with Gasteiger partial charge in [-0.3, -0.25) is 9.59 Å². The summed E-state index contributed by atoms with van der Waals surface area (Å²) >= 11 is 0. The van der Waals surface area contributed by atoms with Gasteiger partial charge in [0.25, 0.3) is 0 Å². The zero-order valence-corrected chi connectivity index (χ0v) is 14.5. The predicted octanol–water partition coefficient (Wildman–Crippen LogP) is 0.916. The molecule has 1 aromatic carbocycles. The lowest BCUT2D eigenvalue weighted by Gasteiger charge is -2.33. The molecule has 132 valence electrons. The molecule has 0 radical (unpaired) electrons. The Morgan fingerprint density at radius 2 is 2.08 bits per heavy atom. The van der Waals surface area contributed by atoms with Gasteiger partial charge in [-0.05, 0) is 25.1 Å². The summed E-state index contributed by atoms with van der Waals surface area (Å²) in [7, 11) is -2.54. The van der Waals surface area contributed by atoms with E-state index < -0.39 is 16.0 Å². The van der Waals surface area contributed by atoms with E-state index in [-0.39, 0.29) is 29.9 Å². The lowest BCUT2D eigenvalue weighted by Crippen LogP contribution is -2.41. The number of sulfonamides is 1. The molecule has 0 aromatic heterocycles. The molecule has 9 heteroatoms. The Morgan fingerprint density at radius 3 is 2.67 bits per heavy atom. The lowest BCUT2D eigenvalue weighted by atomic mass is 10.2. The number of rotatable bonds is 5. The Kier molecular flexibility index (Phi) is 5.14. The highest BCUT2D eigenvalue weighted by Crippen LogP contribution is 2.36. The molecule has 0 saturated heterocycles. The number of fused-ring (bicyclic) bond motifs is 1. The molecule has 0 bridgehead atoms. The van der Waals surface area contributed by atoms with Gasteiger partial charge in [0.1, 0.15) is 11.9 Å². The van der Waals surface area contributed by atoms with Crippen LogP contribution in [0.25, 0.3) is 0 Å². The average Bonchev–Trinajstić information content (AvgIpc) is 2.50. The smallest absolute Gasteiger partial charge is 0.304 e. The Labute approximate surface area is 140 Å². The fraction of sp³-hybridized carbons (Fsp3) is 0.467. The van der Waals surface area contributed by atoms with Crippen molar-refractivity contribution in [2.45, 2.75) is 31.3 Å². The number of carbonyl (C=O) groups is 2. The Morgan fingerprint density at radius 1 is 1.42 bits per heavy atom. The highest BCUT2D eigenvalue weighted by atomic mass is 32.2. The fourth-order valence-electron chi connectivity index (χ4n) is 2.43. The minimum Gasteiger partial charge on any atom is -0.487 e. The summed E-state index contributed by atoms with van der Waals surface area (Å²) in [6.07, 6.45) is -0.483. The van der Waals surface area contributed by atoms with Gasteiger partial charge >= 0.3 is 5.97 Å². The first kappa shape index (κ1) is 18.2. The third-order valence-electron chi connectivity index (χ3n) is 3.72. The zero-order valence-electron chi connectivity index (χ0n) is 13.7. The van der Waals surface area contributed by atoms with Gasteiger partial charge in [0.2, 0.25) is 15.9 Å². The van der Waals surface area contributed by atoms with Crippen LogP contribution in [-0.2, 0) is 19.6 Å². The van der Waals surface area contributed by atoms with E-state index in [0.717, 1.165) is 4.31 Å². The summed E-state index contributed by atoms with van der Waals surface area (Å²) in [6.45, 7) is 3.42. The summed E-state index contributed by atoms with van der Waals surface area (Å²) in [5.74, 6) is -0.844. The van der Waals surface area contributed by atoms with Gasteiger partial charge in [-0.1, -0.05) is 0 Å². The second-order valence-electron chi connectivity index (χ2n) is 5.66. The molecule has 0 saturated carbocycles. The van der Waals surface area contributed by atoms with E-state index in [4.69, 9.17) is 9.84 Å². The molecule has 1 atom stereocenters. The molecule has 0 fully saturated rings. The van der Waals surface area contributed by atoms with E-state index in [2.05, 4.69) is 0 Å². The van der Waals surface area contributed by atoms with Crippen molar-refractivity contribution in [3.8, 4) is 5.75 Å². The third-order valence-corrected chi connectivity index (χ3v) is 5.57. The molecule has 0 aliphatic carbocycles. The molecule has 1 amide bonds. The van der Waals surface area contributed by atoms with Crippen molar-refractivity contribution in [3.63, 3.8) is 0 Å². The van der Waals surface area contributed by atoms with Crippen LogP contribution in [0, 0.1) is 0 Å². The predicted molar refractivity (Wildman–Crippen MR) is 86.6 cm³/mol. The van der Waals surface area contributed by atoms with Crippen LogP contribution in [0.15, 0.2) is 23.1 Å². The van der Waals surface area contributed by atoms with Gasteiger partial charge in [0.05, 0.1) is 23.5 Å². The van der Waals surface area contributed by atoms with E-state index in [9.17, 15) is 18.0 Å². The van der Waals surface area contributed by atoms with Crippen molar-refractivity contribution in [2.24, 2.45) is 0 Å². The number of carboxylic acids is 1. The van der Waals surface area contributed by atoms with Crippen molar-refractivity contribution in [1.82, 2.24) is 4.31 Å². The number of ether oxygens (including phenoxy) is 1. The molecular weight excluding hydrogens is 336 g/mol. The highest BCUT2D eigenvalue weighted by molar-refractivity contribution is 7.89. The summed E-state index contributed by atoms with van der Waals surface area (Å²) < 4.78 is 31.7. The summed E-state index contributed by atoms with van der Waals surface area (Å²) in [5.41, 5.74) is 0.397. The maximum absolute atomic E-state index is 12.6. The molecule has 0 spiro atoms. The minimum atomic E-state index is -3.85. The van der Waals surface area contributed by atoms with Crippen molar-refractivity contribution in [3.05, 3.63) is 18.2 Å². The average molecular weight is 356 g/mol. The third kappa shape index (κ3) is 3.68. The van der Waals surface area contributed by atoms with Crippen LogP contribution < -0.4 is 9.64 Å². The van der Waals surface area contributed by atoms with E-state index in [0.29, 0.717) is 18.0 Å². The normalized spacial score (nSPS) is 17.3. The summed E-state index contributed by atoms with van der Waals surface area (Å²) in [4.78, 5) is 23.9. The summed E-state index contributed by atoms with van der Waals surface area (Å²) in [6, 6.07) is 4.29. The number of carboxylic acid groups (broad SMARTS) is 1. The highest BCUT2D eigenvalue weighted by Gasteiger charge is 2.29.